The van der Waals surface area contributed by atoms with E-state index in [0.717, 1.165) is 17.7 Å². The van der Waals surface area contributed by atoms with E-state index in [1.165, 1.54) is 0 Å². The van der Waals surface area contributed by atoms with Crippen LogP contribution in [0.1, 0.15) is 40.2 Å². The average molecular weight is 306 g/mol. The highest BCUT2D eigenvalue weighted by molar-refractivity contribution is 5.91. The number of hydrogen-bond donors (Lipinski definition) is 0. The van der Waals surface area contributed by atoms with Gasteiger partial charge < -0.3 is 4.74 Å². The fraction of sp³-hybridized carbons (Fsp3) is 0.412. The molecule has 0 amide bonds. The second-order valence-electron chi connectivity index (χ2n) is 6.23. The molecule has 0 saturated heterocycles. The molecule has 0 radical (unpaired) electrons. The molecule has 0 atom stereocenters. The molecule has 0 spiro atoms. The number of carbonyl (C=O) groups is 2. The Morgan fingerprint density at radius 3 is 2.00 bits per heavy atom. The Labute approximate surface area is 130 Å². The largest absolute Gasteiger partial charge is 0.452 e. The zero-order valence-corrected chi connectivity index (χ0v) is 13.6. The van der Waals surface area contributed by atoms with E-state index in [9.17, 15) is 9.59 Å². The Morgan fingerprint density at radius 2 is 1.45 bits per heavy atom. The quantitative estimate of drug-likeness (QED) is 0.361. The van der Waals surface area contributed by atoms with Crippen LogP contribution in [0.15, 0.2) is 42.5 Å². The Balaban J connectivity index is 2.55. The Kier molecular flexibility index (Phi) is 5.88. The summed E-state index contributed by atoms with van der Waals surface area (Å²) in [4.78, 5) is 32.5. The molecule has 0 aromatic heterocycles. The minimum atomic E-state index is -0.797. The molecule has 0 fully saturated rings. The predicted molar refractivity (Wildman–Crippen MR) is 81.6 cm³/mol. The van der Waals surface area contributed by atoms with Gasteiger partial charge in [0.2, 0.25) is 0 Å². The van der Waals surface area contributed by atoms with Crippen molar-refractivity contribution in [3.8, 4) is 0 Å². The fourth-order valence-corrected chi connectivity index (χ4v) is 1.51. The summed E-state index contributed by atoms with van der Waals surface area (Å²) in [6.07, 6.45) is 1.98. The topological polar surface area (TPSA) is 61.8 Å². The molecule has 1 aromatic carbocycles. The zero-order chi connectivity index (χ0) is 16.8. The lowest BCUT2D eigenvalue weighted by Crippen LogP contribution is -2.25. The molecule has 0 bridgehead atoms. The van der Waals surface area contributed by atoms with E-state index in [1.807, 2.05) is 30.3 Å². The van der Waals surface area contributed by atoms with E-state index < -0.39 is 23.1 Å². The third-order valence-electron chi connectivity index (χ3n) is 2.55. The first-order valence-electron chi connectivity index (χ1n) is 6.96. The zero-order valence-electron chi connectivity index (χ0n) is 13.6. The summed E-state index contributed by atoms with van der Waals surface area (Å²) < 4.78 is 5.35. The third kappa shape index (κ3) is 6.54. The Morgan fingerprint density at radius 1 is 0.909 bits per heavy atom. The van der Waals surface area contributed by atoms with E-state index in [-0.39, 0.29) is 0 Å². The highest BCUT2D eigenvalue weighted by Gasteiger charge is 2.24. The second kappa shape index (κ2) is 7.22. The predicted octanol–water partition coefficient (Wildman–Crippen LogP) is 3.29. The molecule has 0 unspecified atom stereocenters. The molecular formula is C17H22O5. The van der Waals surface area contributed by atoms with Crippen molar-refractivity contribution in [2.45, 2.75) is 45.8 Å². The van der Waals surface area contributed by atoms with Gasteiger partial charge in [-0.15, -0.1) is 0 Å². The van der Waals surface area contributed by atoms with Gasteiger partial charge in [0.1, 0.15) is 11.2 Å². The van der Waals surface area contributed by atoms with Gasteiger partial charge in [-0.25, -0.2) is 9.59 Å². The van der Waals surface area contributed by atoms with Crippen LogP contribution in [0, 0.1) is 0 Å². The van der Waals surface area contributed by atoms with E-state index >= 15 is 0 Å². The van der Waals surface area contributed by atoms with Crippen molar-refractivity contribution in [2.24, 2.45) is 0 Å². The highest BCUT2D eigenvalue weighted by Crippen LogP contribution is 2.24. The van der Waals surface area contributed by atoms with Gasteiger partial charge in [-0.1, -0.05) is 30.3 Å². The van der Waals surface area contributed by atoms with Gasteiger partial charge in [-0.3, -0.25) is 4.89 Å². The average Bonchev–Trinajstić information content (AvgIpc) is 2.42. The summed E-state index contributed by atoms with van der Waals surface area (Å²) in [7, 11) is 0. The third-order valence-corrected chi connectivity index (χ3v) is 2.55. The van der Waals surface area contributed by atoms with Gasteiger partial charge in [-0.05, 0) is 40.2 Å². The van der Waals surface area contributed by atoms with Gasteiger partial charge in [-0.2, -0.15) is 4.89 Å². The molecule has 1 aromatic rings. The van der Waals surface area contributed by atoms with Crippen molar-refractivity contribution < 1.29 is 24.1 Å². The van der Waals surface area contributed by atoms with Gasteiger partial charge in [0.05, 0.1) is 0 Å². The minimum absolute atomic E-state index is 0.612. The van der Waals surface area contributed by atoms with Crippen LogP contribution in [-0.4, -0.2) is 17.5 Å². The molecule has 0 aliphatic carbocycles. The lowest BCUT2D eigenvalue weighted by molar-refractivity contribution is -0.316. The first kappa shape index (κ1) is 17.9. The maximum absolute atomic E-state index is 11.8. The van der Waals surface area contributed by atoms with E-state index in [0.29, 0.717) is 0 Å². The summed E-state index contributed by atoms with van der Waals surface area (Å²) in [5.41, 5.74) is -0.552. The van der Waals surface area contributed by atoms with Crippen molar-refractivity contribution in [2.75, 3.05) is 0 Å². The normalized spacial score (nSPS) is 12.2. The summed E-state index contributed by atoms with van der Waals surface area (Å²) in [5, 5.41) is 0. The van der Waals surface area contributed by atoms with E-state index in [2.05, 4.69) is 4.89 Å². The maximum Gasteiger partial charge on any atom is 0.366 e. The van der Waals surface area contributed by atoms with Crippen LogP contribution in [0.25, 0.3) is 0 Å². The monoisotopic (exact) mass is 306 g/mol. The summed E-state index contributed by atoms with van der Waals surface area (Å²) >= 11 is 0. The molecular weight excluding hydrogens is 284 g/mol. The lowest BCUT2D eigenvalue weighted by atomic mass is 9.98. The lowest BCUT2D eigenvalue weighted by Gasteiger charge is -2.24. The molecule has 0 aliphatic heterocycles. The summed E-state index contributed by atoms with van der Waals surface area (Å²) in [6, 6.07) is 9.33. The van der Waals surface area contributed by atoms with Crippen LogP contribution in [-0.2, 0) is 29.7 Å². The molecule has 1 rings (SSSR count). The summed E-state index contributed by atoms with van der Waals surface area (Å²) in [6.45, 7) is 8.76. The smallest absolute Gasteiger partial charge is 0.366 e. The number of esters is 1. The van der Waals surface area contributed by atoms with Crippen LogP contribution in [0.2, 0.25) is 0 Å². The fourth-order valence-electron chi connectivity index (χ4n) is 1.51. The SMILES string of the molecule is CC(C)(C)OOC(=O)/C=C\C(=O)OC(C)(C)c1ccccc1. The number of benzene rings is 1. The van der Waals surface area contributed by atoms with Crippen molar-refractivity contribution in [1.29, 1.82) is 0 Å². The van der Waals surface area contributed by atoms with Crippen molar-refractivity contribution in [3.05, 3.63) is 48.0 Å². The van der Waals surface area contributed by atoms with Crippen molar-refractivity contribution in [1.82, 2.24) is 0 Å². The molecule has 120 valence electrons. The Bertz CT molecular complexity index is 538. The number of hydrogen-bond acceptors (Lipinski definition) is 5. The van der Waals surface area contributed by atoms with Gasteiger partial charge in [0.15, 0.2) is 0 Å². The van der Waals surface area contributed by atoms with Crippen LogP contribution >= 0.6 is 0 Å². The molecule has 0 N–H and O–H groups in total. The molecule has 22 heavy (non-hydrogen) atoms. The molecule has 0 aliphatic rings. The first-order chi connectivity index (χ1) is 10.1. The van der Waals surface area contributed by atoms with Crippen LogP contribution < -0.4 is 0 Å². The van der Waals surface area contributed by atoms with Crippen LogP contribution in [0.4, 0.5) is 0 Å². The summed E-state index contributed by atoms with van der Waals surface area (Å²) in [5.74, 6) is -1.41. The van der Waals surface area contributed by atoms with Crippen molar-refractivity contribution >= 4 is 11.9 Å². The van der Waals surface area contributed by atoms with E-state index in [4.69, 9.17) is 9.62 Å². The minimum Gasteiger partial charge on any atom is -0.452 e. The molecule has 0 saturated carbocycles. The highest BCUT2D eigenvalue weighted by atomic mass is 17.2. The number of ether oxygens (including phenoxy) is 1. The number of rotatable bonds is 5. The second-order valence-corrected chi connectivity index (χ2v) is 6.23. The van der Waals surface area contributed by atoms with E-state index in [1.54, 1.807) is 34.6 Å². The molecule has 5 nitrogen and oxygen atoms in total. The number of carbonyl (C=O) groups excluding carboxylic acids is 2. The van der Waals surface area contributed by atoms with Crippen molar-refractivity contribution in [3.63, 3.8) is 0 Å². The molecule has 0 heterocycles. The Hall–Kier alpha value is -2.14. The maximum atomic E-state index is 11.8. The van der Waals surface area contributed by atoms with Crippen LogP contribution in [0.3, 0.4) is 0 Å². The van der Waals surface area contributed by atoms with Gasteiger partial charge in [0, 0.05) is 12.2 Å². The molecule has 5 heteroatoms. The standard InChI is InChI=1S/C17H22O5/c1-16(2,3)22-21-15(19)12-11-14(18)20-17(4,5)13-9-7-6-8-10-13/h6-12H,1-5H3/b12-11-. The first-order valence-corrected chi connectivity index (χ1v) is 6.96. The van der Waals surface area contributed by atoms with Crippen LogP contribution in [0.5, 0.6) is 0 Å². The van der Waals surface area contributed by atoms with Gasteiger partial charge in [0.25, 0.3) is 0 Å². The van der Waals surface area contributed by atoms with Gasteiger partial charge >= 0.3 is 11.9 Å².